The smallest absolute Gasteiger partial charge is 0.365 e. The molecule has 0 saturated heterocycles. The van der Waals surface area contributed by atoms with E-state index in [9.17, 15) is 14.4 Å². The van der Waals surface area contributed by atoms with E-state index in [1.54, 1.807) is 13.8 Å². The number of hydrogen-bond donors (Lipinski definition) is 3. The van der Waals surface area contributed by atoms with Crippen molar-refractivity contribution in [1.29, 1.82) is 0 Å². The third kappa shape index (κ3) is 4.91. The van der Waals surface area contributed by atoms with Crippen LogP contribution in [-0.2, 0) is 19.1 Å². The molecule has 1 unspecified atom stereocenters. The van der Waals surface area contributed by atoms with Crippen LogP contribution < -0.4 is 5.32 Å². The van der Waals surface area contributed by atoms with Crippen molar-refractivity contribution in [3.8, 4) is 0 Å². The fraction of sp³-hybridized carbons (Fsp3) is 0.600. The number of carbonyl (C=O) groups is 3. The summed E-state index contributed by atoms with van der Waals surface area (Å²) < 4.78 is 4.62. The summed E-state index contributed by atoms with van der Waals surface area (Å²) in [5, 5.41) is 18.0. The van der Waals surface area contributed by atoms with E-state index in [0.717, 1.165) is 13.5 Å². The SMILES string of the molecule is CCN=COC(C=O)(C(=O)O)C(=O)NCC.CO. The zero-order valence-electron chi connectivity index (χ0n) is 10.5. The lowest BCUT2D eigenvalue weighted by molar-refractivity contribution is -0.164. The minimum atomic E-state index is -2.56. The number of carboxylic acid groups (broad SMARTS) is 1. The summed E-state index contributed by atoms with van der Waals surface area (Å²) in [6, 6.07) is 0. The number of hydrogen-bond acceptors (Lipinski definition) is 6. The lowest BCUT2D eigenvalue weighted by Crippen LogP contribution is -2.56. The summed E-state index contributed by atoms with van der Waals surface area (Å²) in [6.45, 7) is 3.82. The van der Waals surface area contributed by atoms with Crippen molar-refractivity contribution < 1.29 is 29.3 Å². The van der Waals surface area contributed by atoms with Gasteiger partial charge >= 0.3 is 11.6 Å². The van der Waals surface area contributed by atoms with E-state index < -0.39 is 17.5 Å². The molecule has 0 heterocycles. The number of likely N-dealkylation sites (N-methyl/N-ethyl adjacent to an activating group) is 1. The molecule has 0 fully saturated rings. The minimum absolute atomic E-state index is 0.0675. The van der Waals surface area contributed by atoms with E-state index in [1.807, 2.05) is 0 Å². The molecule has 0 aromatic rings. The highest BCUT2D eigenvalue weighted by molar-refractivity contribution is 6.19. The van der Waals surface area contributed by atoms with E-state index >= 15 is 0 Å². The van der Waals surface area contributed by atoms with Crippen LogP contribution in [0.2, 0.25) is 0 Å². The first-order chi connectivity index (χ1) is 8.55. The molecule has 3 N–H and O–H groups in total. The molecule has 18 heavy (non-hydrogen) atoms. The summed E-state index contributed by atoms with van der Waals surface area (Å²) in [5.74, 6) is -2.71. The third-order valence-electron chi connectivity index (χ3n) is 1.65. The molecule has 8 heteroatoms. The number of rotatable bonds is 7. The first kappa shape index (κ1) is 18.4. The largest absolute Gasteiger partial charge is 0.478 e. The lowest BCUT2D eigenvalue weighted by atomic mass is 10.1. The molecule has 0 aromatic carbocycles. The van der Waals surface area contributed by atoms with Gasteiger partial charge in [-0.3, -0.25) is 14.6 Å². The number of aliphatic hydroxyl groups is 1. The normalized spacial score (nSPS) is 12.9. The van der Waals surface area contributed by atoms with Crippen LogP contribution in [0, 0.1) is 0 Å². The van der Waals surface area contributed by atoms with Gasteiger partial charge in [-0.15, -0.1) is 0 Å². The molecular formula is C10H18N2O6. The molecule has 0 saturated carbocycles. The zero-order chi connectivity index (χ0) is 14.6. The van der Waals surface area contributed by atoms with Crippen LogP contribution in [0.5, 0.6) is 0 Å². The van der Waals surface area contributed by atoms with Crippen LogP contribution in [0.15, 0.2) is 4.99 Å². The number of aliphatic carboxylic acids is 1. The second kappa shape index (κ2) is 10.2. The topological polar surface area (TPSA) is 125 Å². The van der Waals surface area contributed by atoms with Gasteiger partial charge < -0.3 is 20.3 Å². The molecule has 0 bridgehead atoms. The van der Waals surface area contributed by atoms with Crippen molar-refractivity contribution in [2.75, 3.05) is 20.2 Å². The molecular weight excluding hydrogens is 244 g/mol. The Morgan fingerprint density at radius 1 is 1.39 bits per heavy atom. The van der Waals surface area contributed by atoms with Crippen LogP contribution >= 0.6 is 0 Å². The number of carboxylic acids is 1. The molecule has 0 aliphatic heterocycles. The summed E-state index contributed by atoms with van der Waals surface area (Å²) >= 11 is 0. The third-order valence-corrected chi connectivity index (χ3v) is 1.65. The fourth-order valence-corrected chi connectivity index (χ4v) is 0.820. The monoisotopic (exact) mass is 262 g/mol. The fourth-order valence-electron chi connectivity index (χ4n) is 0.820. The number of nitrogens with zero attached hydrogens (tertiary/aromatic N) is 1. The molecule has 0 radical (unpaired) electrons. The van der Waals surface area contributed by atoms with Gasteiger partial charge in [0.2, 0.25) is 0 Å². The van der Waals surface area contributed by atoms with Crippen LogP contribution in [0.1, 0.15) is 13.8 Å². The second-order valence-electron chi connectivity index (χ2n) is 2.74. The Balaban J connectivity index is 0. The Bertz CT molecular complexity index is 305. The molecule has 1 amide bonds. The van der Waals surface area contributed by atoms with Gasteiger partial charge in [0.15, 0.2) is 12.7 Å². The Morgan fingerprint density at radius 3 is 2.28 bits per heavy atom. The van der Waals surface area contributed by atoms with Crippen molar-refractivity contribution in [3.63, 3.8) is 0 Å². The van der Waals surface area contributed by atoms with Gasteiger partial charge in [0.05, 0.1) is 0 Å². The average Bonchev–Trinajstić information content (AvgIpc) is 2.37. The number of aldehydes is 1. The molecule has 0 aliphatic rings. The van der Waals surface area contributed by atoms with Crippen molar-refractivity contribution >= 4 is 24.6 Å². The minimum Gasteiger partial charge on any atom is -0.478 e. The van der Waals surface area contributed by atoms with E-state index in [2.05, 4.69) is 15.0 Å². The molecule has 0 aliphatic carbocycles. The number of aliphatic imine (C=N–C) groups is 1. The predicted molar refractivity (Wildman–Crippen MR) is 63.4 cm³/mol. The van der Waals surface area contributed by atoms with E-state index in [-0.39, 0.29) is 12.8 Å². The highest BCUT2D eigenvalue weighted by atomic mass is 16.5. The van der Waals surface area contributed by atoms with Crippen LogP contribution in [0.3, 0.4) is 0 Å². The van der Waals surface area contributed by atoms with Gasteiger partial charge in [-0.1, -0.05) is 0 Å². The van der Waals surface area contributed by atoms with Gasteiger partial charge in [-0.2, -0.15) is 0 Å². The average molecular weight is 262 g/mol. The Hall–Kier alpha value is -1.96. The summed E-state index contributed by atoms with van der Waals surface area (Å²) in [6.07, 6.45) is 0.722. The highest BCUT2D eigenvalue weighted by Crippen LogP contribution is 2.08. The Kier molecular flexibility index (Phi) is 10.4. The van der Waals surface area contributed by atoms with E-state index in [1.165, 1.54) is 0 Å². The van der Waals surface area contributed by atoms with Crippen molar-refractivity contribution in [3.05, 3.63) is 0 Å². The van der Waals surface area contributed by atoms with Crippen molar-refractivity contribution in [1.82, 2.24) is 5.32 Å². The van der Waals surface area contributed by atoms with Crippen LogP contribution in [0.25, 0.3) is 0 Å². The number of ether oxygens (including phenoxy) is 1. The molecule has 0 aromatic heterocycles. The summed E-state index contributed by atoms with van der Waals surface area (Å²) in [5.41, 5.74) is -2.56. The number of amides is 1. The van der Waals surface area contributed by atoms with Gasteiger partial charge in [0, 0.05) is 20.2 Å². The van der Waals surface area contributed by atoms with E-state index in [0.29, 0.717) is 6.54 Å². The molecule has 104 valence electrons. The number of nitrogens with one attached hydrogen (secondary N) is 1. The summed E-state index contributed by atoms with van der Waals surface area (Å²) in [4.78, 5) is 36.6. The molecule has 0 rings (SSSR count). The van der Waals surface area contributed by atoms with Gasteiger partial charge in [-0.25, -0.2) is 4.79 Å². The van der Waals surface area contributed by atoms with Crippen molar-refractivity contribution in [2.45, 2.75) is 19.4 Å². The maximum absolute atomic E-state index is 11.4. The zero-order valence-corrected chi connectivity index (χ0v) is 10.5. The Morgan fingerprint density at radius 2 is 1.94 bits per heavy atom. The quantitative estimate of drug-likeness (QED) is 0.229. The van der Waals surface area contributed by atoms with Crippen LogP contribution in [-0.4, -0.2) is 60.6 Å². The lowest BCUT2D eigenvalue weighted by Gasteiger charge is -2.20. The highest BCUT2D eigenvalue weighted by Gasteiger charge is 2.48. The number of aliphatic hydroxyl groups excluding tert-OH is 1. The maximum atomic E-state index is 11.4. The molecule has 8 nitrogen and oxygen atoms in total. The first-order valence-electron chi connectivity index (χ1n) is 5.14. The summed E-state index contributed by atoms with van der Waals surface area (Å²) in [7, 11) is 1.00. The predicted octanol–water partition coefficient (Wildman–Crippen LogP) is -1.18. The second-order valence-corrected chi connectivity index (χ2v) is 2.74. The van der Waals surface area contributed by atoms with Gasteiger partial charge in [-0.05, 0) is 13.8 Å². The van der Waals surface area contributed by atoms with Gasteiger partial charge in [0.25, 0.3) is 5.91 Å². The van der Waals surface area contributed by atoms with Gasteiger partial charge in [0.1, 0.15) is 0 Å². The maximum Gasteiger partial charge on any atom is 0.365 e. The first-order valence-corrected chi connectivity index (χ1v) is 5.14. The molecule has 0 spiro atoms. The molecule has 1 atom stereocenters. The number of carbonyl (C=O) groups excluding carboxylic acids is 2. The van der Waals surface area contributed by atoms with Crippen LogP contribution in [0.4, 0.5) is 0 Å². The standard InChI is InChI=1S/C9H14N2O5.CH4O/c1-3-10-6-16-9(5-12,8(14)15)7(13)11-4-2;1-2/h5-6H,3-4H2,1-2H3,(H,11,13)(H,14,15);2H,1H3. The van der Waals surface area contributed by atoms with E-state index in [4.69, 9.17) is 10.2 Å². The van der Waals surface area contributed by atoms with Crippen molar-refractivity contribution in [2.24, 2.45) is 4.99 Å². The Labute approximate surface area is 105 Å².